The first-order chi connectivity index (χ1) is 6.48. The van der Waals surface area contributed by atoms with Gasteiger partial charge in [-0.25, -0.2) is 0 Å². The molecule has 1 aromatic carbocycles. The number of benzene rings is 1. The van der Waals surface area contributed by atoms with Gasteiger partial charge >= 0.3 is 10.4 Å². The fourth-order valence-corrected chi connectivity index (χ4v) is 1.84. The van der Waals surface area contributed by atoms with E-state index in [0.717, 1.165) is 0 Å². The molecule has 0 aliphatic carbocycles. The number of hydrogen-bond acceptors (Lipinski definition) is 5. The summed E-state index contributed by atoms with van der Waals surface area (Å²) in [5, 5.41) is 0. The van der Waals surface area contributed by atoms with E-state index in [1.165, 1.54) is 25.1 Å². The summed E-state index contributed by atoms with van der Waals surface area (Å²) >= 11 is 0. The number of carbonyl (C=O) groups excluding carboxylic acids is 1. The van der Waals surface area contributed by atoms with Crippen molar-refractivity contribution in [1.82, 2.24) is 0 Å². The highest BCUT2D eigenvalue weighted by Gasteiger charge is 2.28. The average molecular weight is 214 g/mol. The van der Waals surface area contributed by atoms with Gasteiger partial charge in [-0.1, -0.05) is 0 Å². The summed E-state index contributed by atoms with van der Waals surface area (Å²) in [7, 11) is -3.96. The first-order valence-corrected chi connectivity index (χ1v) is 5.10. The average Bonchev–Trinajstić information content (AvgIpc) is 2.36. The maximum Gasteiger partial charge on any atom is 0.501 e. The van der Waals surface area contributed by atoms with E-state index >= 15 is 0 Å². The van der Waals surface area contributed by atoms with E-state index < -0.39 is 10.4 Å². The van der Waals surface area contributed by atoms with Crippen molar-refractivity contribution >= 4 is 16.2 Å². The largest absolute Gasteiger partial charge is 0.501 e. The maximum atomic E-state index is 11.0. The van der Waals surface area contributed by atoms with Gasteiger partial charge in [0.1, 0.15) is 0 Å². The molecule has 0 saturated carbocycles. The zero-order chi connectivity index (χ0) is 10.3. The van der Waals surface area contributed by atoms with Crippen molar-refractivity contribution in [3.63, 3.8) is 0 Å². The van der Waals surface area contributed by atoms with E-state index in [4.69, 9.17) is 0 Å². The Hall–Kier alpha value is -1.56. The Morgan fingerprint density at radius 2 is 1.86 bits per heavy atom. The van der Waals surface area contributed by atoms with Crippen LogP contribution in [0.1, 0.15) is 17.3 Å². The Balaban J connectivity index is 2.50. The lowest BCUT2D eigenvalue weighted by molar-refractivity contribution is 0.101. The first-order valence-electron chi connectivity index (χ1n) is 3.77. The van der Waals surface area contributed by atoms with Crippen LogP contribution in [-0.4, -0.2) is 14.2 Å². The highest BCUT2D eigenvalue weighted by molar-refractivity contribution is 7.82. The van der Waals surface area contributed by atoms with Crippen molar-refractivity contribution < 1.29 is 21.6 Å². The summed E-state index contributed by atoms with van der Waals surface area (Å²) in [5.41, 5.74) is 0.379. The van der Waals surface area contributed by atoms with Crippen LogP contribution in [0, 0.1) is 0 Å². The molecule has 0 saturated heterocycles. The third kappa shape index (κ3) is 1.44. The lowest BCUT2D eigenvalue weighted by atomic mass is 10.1. The lowest BCUT2D eigenvalue weighted by Gasteiger charge is -1.95. The molecule has 1 aliphatic rings. The van der Waals surface area contributed by atoms with Gasteiger partial charge in [0.15, 0.2) is 17.3 Å². The fourth-order valence-electron chi connectivity index (χ4n) is 1.10. The first kappa shape index (κ1) is 9.01. The fraction of sp³-hybridized carbons (Fsp3) is 0.125. The van der Waals surface area contributed by atoms with Crippen molar-refractivity contribution in [2.75, 3.05) is 0 Å². The van der Waals surface area contributed by atoms with Crippen molar-refractivity contribution in [3.05, 3.63) is 23.8 Å². The highest BCUT2D eigenvalue weighted by atomic mass is 32.3. The number of hydrogen-bond donors (Lipinski definition) is 0. The van der Waals surface area contributed by atoms with E-state index in [0.29, 0.717) is 5.56 Å². The highest BCUT2D eigenvalue weighted by Crippen LogP contribution is 2.36. The van der Waals surface area contributed by atoms with Crippen LogP contribution in [0.3, 0.4) is 0 Å². The normalized spacial score (nSPS) is 16.6. The molecule has 0 spiro atoms. The monoisotopic (exact) mass is 214 g/mol. The summed E-state index contributed by atoms with van der Waals surface area (Å²) in [6, 6.07) is 4.20. The minimum absolute atomic E-state index is 0.0534. The van der Waals surface area contributed by atoms with Crippen molar-refractivity contribution in [1.29, 1.82) is 0 Å². The Kier molecular flexibility index (Phi) is 1.75. The van der Waals surface area contributed by atoms with Gasteiger partial charge in [0.05, 0.1) is 0 Å². The van der Waals surface area contributed by atoms with Crippen molar-refractivity contribution in [3.8, 4) is 11.5 Å². The smallest absolute Gasteiger partial charge is 0.349 e. The zero-order valence-corrected chi connectivity index (χ0v) is 8.00. The molecule has 6 heteroatoms. The summed E-state index contributed by atoms with van der Waals surface area (Å²) in [6.07, 6.45) is 0. The number of Topliss-reactive ketones (excluding diaryl/α,β-unsaturated/α-hetero) is 1. The SMILES string of the molecule is CC(=O)c1ccc2c(c1)OS(=O)(=O)O2. The van der Waals surface area contributed by atoms with E-state index in [1.807, 2.05) is 0 Å². The second-order valence-corrected chi connectivity index (χ2v) is 3.94. The molecule has 14 heavy (non-hydrogen) atoms. The molecule has 1 heterocycles. The van der Waals surface area contributed by atoms with Crippen LogP contribution in [0.4, 0.5) is 0 Å². The van der Waals surface area contributed by atoms with Crippen LogP contribution in [-0.2, 0) is 10.4 Å². The van der Waals surface area contributed by atoms with Gasteiger partial charge in [0, 0.05) is 5.56 Å². The van der Waals surface area contributed by atoms with Gasteiger partial charge < -0.3 is 8.37 Å². The summed E-state index contributed by atoms with van der Waals surface area (Å²) in [6.45, 7) is 1.38. The van der Waals surface area contributed by atoms with Crippen LogP contribution in [0.15, 0.2) is 18.2 Å². The molecule has 0 bridgehead atoms. The molecule has 5 nitrogen and oxygen atoms in total. The number of rotatable bonds is 1. The van der Waals surface area contributed by atoms with E-state index in [9.17, 15) is 13.2 Å². The molecule has 2 rings (SSSR count). The molecule has 0 N–H and O–H groups in total. The van der Waals surface area contributed by atoms with Crippen molar-refractivity contribution in [2.24, 2.45) is 0 Å². The number of carbonyl (C=O) groups is 1. The summed E-state index contributed by atoms with van der Waals surface area (Å²) < 4.78 is 30.6. The predicted octanol–water partition coefficient (Wildman–Crippen LogP) is 0.905. The van der Waals surface area contributed by atoms with E-state index in [-0.39, 0.29) is 17.3 Å². The molecule has 0 radical (unpaired) electrons. The molecule has 0 fully saturated rings. The third-order valence-corrected chi connectivity index (χ3v) is 2.50. The Morgan fingerprint density at radius 1 is 1.21 bits per heavy atom. The van der Waals surface area contributed by atoms with Gasteiger partial charge in [-0.15, -0.1) is 8.42 Å². The molecule has 0 unspecified atom stereocenters. The molecule has 1 aliphatic heterocycles. The molecule has 74 valence electrons. The second-order valence-electron chi connectivity index (χ2n) is 2.79. The summed E-state index contributed by atoms with van der Waals surface area (Å²) in [4.78, 5) is 11.0. The lowest BCUT2D eigenvalue weighted by Crippen LogP contribution is -2.07. The molecule has 0 atom stereocenters. The summed E-state index contributed by atoms with van der Waals surface area (Å²) in [5.74, 6) is -0.00611. The van der Waals surface area contributed by atoms with Gasteiger partial charge in [0.25, 0.3) is 0 Å². The van der Waals surface area contributed by atoms with Crippen LogP contribution in [0.2, 0.25) is 0 Å². The number of ketones is 1. The third-order valence-electron chi connectivity index (χ3n) is 1.73. The topological polar surface area (TPSA) is 69.7 Å². The zero-order valence-electron chi connectivity index (χ0n) is 7.18. The van der Waals surface area contributed by atoms with Crippen LogP contribution in [0.5, 0.6) is 11.5 Å². The Labute approximate surface area is 80.6 Å². The van der Waals surface area contributed by atoms with Crippen molar-refractivity contribution in [2.45, 2.75) is 6.92 Å². The standard InChI is InChI=1S/C8H6O5S/c1-5(9)6-2-3-7-8(4-6)13-14(10,11)12-7/h2-4H,1H3. The maximum absolute atomic E-state index is 11.0. The molecular weight excluding hydrogens is 208 g/mol. The van der Waals surface area contributed by atoms with Crippen LogP contribution in [0.25, 0.3) is 0 Å². The van der Waals surface area contributed by atoms with Crippen LogP contribution >= 0.6 is 0 Å². The quantitative estimate of drug-likeness (QED) is 0.650. The Bertz CT molecular complexity index is 502. The molecule has 0 amide bonds. The van der Waals surface area contributed by atoms with Gasteiger partial charge in [-0.2, -0.15) is 0 Å². The Morgan fingerprint density at radius 3 is 2.50 bits per heavy atom. The molecular formula is C8H6O5S. The minimum Gasteiger partial charge on any atom is -0.349 e. The molecule has 0 aromatic heterocycles. The van der Waals surface area contributed by atoms with Gasteiger partial charge in [0.2, 0.25) is 0 Å². The number of fused-ring (bicyclic) bond motifs is 1. The van der Waals surface area contributed by atoms with Gasteiger partial charge in [-0.05, 0) is 25.1 Å². The van der Waals surface area contributed by atoms with E-state index in [1.54, 1.807) is 0 Å². The van der Waals surface area contributed by atoms with Crippen LogP contribution < -0.4 is 8.37 Å². The minimum atomic E-state index is -3.96. The predicted molar refractivity (Wildman–Crippen MR) is 46.6 cm³/mol. The van der Waals surface area contributed by atoms with Gasteiger partial charge in [-0.3, -0.25) is 4.79 Å². The van der Waals surface area contributed by atoms with E-state index in [2.05, 4.69) is 8.37 Å². The molecule has 1 aromatic rings. The second kappa shape index (κ2) is 2.71.